The Balaban J connectivity index is 0.000000167. The second kappa shape index (κ2) is 50.0. The number of nitrogens with two attached hydrogens (primary N) is 1. The molecule has 0 aliphatic heterocycles. The first-order valence-electron chi connectivity index (χ1n) is 43.5. The van der Waals surface area contributed by atoms with Gasteiger partial charge in [-0.3, -0.25) is 33.8 Å². The van der Waals surface area contributed by atoms with Crippen LogP contribution in [0, 0.1) is 0 Å². The molecule has 6 heterocycles. The fourth-order valence-corrected chi connectivity index (χ4v) is 15.2. The summed E-state index contributed by atoms with van der Waals surface area (Å²) in [7, 11) is 0. The summed E-state index contributed by atoms with van der Waals surface area (Å²) in [5, 5.41) is 30.5. The zero-order valence-corrected chi connectivity index (χ0v) is 75.8. The maximum absolute atomic E-state index is 13.2. The molecule has 17 rings (SSSR count). The van der Waals surface area contributed by atoms with Crippen LogP contribution in [-0.4, -0.2) is 128 Å². The number of fused-ring (bicyclic) bond motifs is 6. The number of carbonyl (C=O) groups excluding carboxylic acids is 5. The summed E-state index contributed by atoms with van der Waals surface area (Å²) in [5.41, 5.74) is 23.1. The number of carboxylic acid groups (broad SMARTS) is 1. The van der Waals surface area contributed by atoms with Crippen LogP contribution in [0.1, 0.15) is 117 Å². The fourth-order valence-electron chi connectivity index (χ4n) is 15.2. The number of benzene rings is 8. The van der Waals surface area contributed by atoms with Crippen LogP contribution in [0.25, 0.3) is 32.7 Å². The Bertz CT molecular complexity index is 6060. The summed E-state index contributed by atoms with van der Waals surface area (Å²) in [4.78, 5) is 86.9. The average Bonchev–Trinajstić information content (AvgIpc) is 1.68. The molecule has 28 nitrogen and oxygen atoms in total. The number of rotatable bonds is 33. The van der Waals surface area contributed by atoms with Gasteiger partial charge in [-0.1, -0.05) is 170 Å². The number of aryl methyl sites for hydroxylation is 6. The van der Waals surface area contributed by atoms with Crippen molar-refractivity contribution in [3.05, 3.63) is 340 Å². The molecule has 14 aromatic rings. The third-order valence-corrected chi connectivity index (χ3v) is 22.2. The van der Waals surface area contributed by atoms with Crippen LogP contribution in [0.15, 0.2) is 261 Å². The largest absolute Gasteiger partial charge is 1.00 e. The minimum Gasteiger partial charge on any atom is -0.870 e. The van der Waals surface area contributed by atoms with Crippen LogP contribution >= 0.6 is 11.6 Å². The van der Waals surface area contributed by atoms with E-state index in [0.717, 1.165) is 147 Å². The Morgan fingerprint density at radius 2 is 0.679 bits per heavy atom. The summed E-state index contributed by atoms with van der Waals surface area (Å²) in [6.45, 7) is 2.47. The smallest absolute Gasteiger partial charge is 0.870 e. The van der Waals surface area contributed by atoms with E-state index in [9.17, 15) is 33.9 Å². The minimum absolute atomic E-state index is 0. The number of esters is 2. The number of alkyl carbamates (subject to hydrolysis) is 2. The van der Waals surface area contributed by atoms with Crippen molar-refractivity contribution in [2.24, 2.45) is 5.73 Å². The van der Waals surface area contributed by atoms with Crippen molar-refractivity contribution >= 4 is 79.8 Å². The molecule has 0 fully saturated rings. The van der Waals surface area contributed by atoms with Gasteiger partial charge in [-0.05, 0) is 194 Å². The number of aromatic nitrogens is 9. The predicted molar refractivity (Wildman–Crippen MR) is 489 cm³/mol. The summed E-state index contributed by atoms with van der Waals surface area (Å²) < 4.78 is 49.0. The molecule has 0 radical (unpaired) electrons. The first kappa shape index (κ1) is 96.7. The van der Waals surface area contributed by atoms with Gasteiger partial charge >= 0.3 is 65.1 Å². The zero-order valence-electron chi connectivity index (χ0n) is 73.0. The molecule has 3 aliphatic rings. The molecule has 8 aromatic carbocycles. The van der Waals surface area contributed by atoms with Crippen molar-refractivity contribution in [2.45, 2.75) is 167 Å². The van der Waals surface area contributed by atoms with Crippen molar-refractivity contribution in [1.29, 1.82) is 0 Å². The number of nitrogens with one attached hydrogen (secondary N) is 2. The van der Waals surface area contributed by atoms with Gasteiger partial charge in [-0.2, -0.15) is 15.3 Å². The van der Waals surface area contributed by atoms with Crippen molar-refractivity contribution in [3.63, 3.8) is 0 Å². The molecule has 3 unspecified atom stereocenters. The molecule has 672 valence electrons. The number of amides is 2. The Labute approximate surface area is 786 Å². The summed E-state index contributed by atoms with van der Waals surface area (Å²) >= 11 is 4.97. The van der Waals surface area contributed by atoms with Gasteiger partial charge in [0.2, 0.25) is 0 Å². The molecule has 0 bridgehead atoms. The van der Waals surface area contributed by atoms with Crippen molar-refractivity contribution < 1.29 is 107 Å². The zero-order chi connectivity index (χ0) is 89.3. The van der Waals surface area contributed by atoms with Crippen molar-refractivity contribution in [2.75, 3.05) is 19.8 Å². The van der Waals surface area contributed by atoms with E-state index in [1.54, 1.807) is 32.6 Å². The van der Waals surface area contributed by atoms with E-state index in [-0.39, 0.29) is 87.7 Å². The Morgan fingerprint density at radius 3 is 1.02 bits per heavy atom. The van der Waals surface area contributed by atoms with E-state index in [1.807, 2.05) is 206 Å². The van der Waals surface area contributed by atoms with Crippen LogP contribution in [0.2, 0.25) is 0 Å². The molecule has 6 N–H and O–H groups in total. The van der Waals surface area contributed by atoms with Crippen LogP contribution in [-0.2, 0) is 149 Å². The molecular weight excluding hydrogens is 1700 g/mol. The summed E-state index contributed by atoms with van der Waals surface area (Å²) in [6.07, 6.45) is 19.8. The van der Waals surface area contributed by atoms with E-state index in [2.05, 4.69) is 67.1 Å². The minimum atomic E-state index is -1.21. The second-order valence-corrected chi connectivity index (χ2v) is 31.8. The molecule has 0 spiro atoms. The van der Waals surface area contributed by atoms with E-state index in [4.69, 9.17) is 65.4 Å². The van der Waals surface area contributed by atoms with Gasteiger partial charge in [0.25, 0.3) is 0 Å². The maximum Gasteiger partial charge on any atom is 1.00 e. The topological polar surface area (TPSA) is 369 Å². The van der Waals surface area contributed by atoms with Crippen LogP contribution in [0.3, 0.4) is 0 Å². The fraction of sp³-hybridized carbons (Fsp3) is 0.287. The Hall–Kier alpha value is -13.4. The number of aliphatic carboxylic acids is 1. The maximum atomic E-state index is 13.2. The number of nitrogens with zero attached hydrogens (tertiary/aromatic N) is 9. The predicted octanol–water partition coefficient (Wildman–Crippen LogP) is 13.7. The first-order valence-corrected chi connectivity index (χ1v) is 43.9. The standard InChI is InChI=1S/C36H36N4O5.C29H30N4O5.C28H30N4O3.C8H7ClO2.Na.H2O/c41-35(44-24-26-9-3-1-4-10-26)33(39-36(42)45-25-27-11-5-2-6-12-27)23-40-34-18-17-31(21-29(34)22-37-40)43-20-19-30-16-15-28-13-7-8-14-32(28)38-30;34-28(35)26(32-29(36)38-19-20-6-2-1-3-7-20)18-33-27-13-12-24(16-22(27)17-30-33)37-15-14-23-11-10-21-8-4-5-9-25(21)31-23;29-25(28(33)35-19-20-6-2-1-3-7-20)18-32-27-13-12-24(16-22(27)17-30-32)34-15-14-23-11-10-21-8-4-5-9-26(21)31-23;9-8(10)11-6-7-4-2-1-3-5-7;;/h1-6,9-12,15-18,21-22,33H,7-8,13-14,19-20,23-25H2,(H,39,42);1-3,6-7,10-13,16-17,26H,4-5,8-9,14-15,18-19H2,(H,32,36)(H,34,35);1-3,6-7,10-13,16-17,25H,4-5,8-9,14-15,18-19,29H2;1-5H,6H2;;1H2/q;;;;+1;/p-1. The van der Waals surface area contributed by atoms with Gasteiger partial charge in [-0.25, -0.2) is 24.0 Å². The van der Waals surface area contributed by atoms with Gasteiger partial charge in [0.15, 0.2) is 0 Å². The Kier molecular flexibility index (Phi) is 36.9. The number of halogens is 1. The number of pyridine rings is 3. The number of hydrogen-bond acceptors (Lipinski definition) is 22. The summed E-state index contributed by atoms with van der Waals surface area (Å²) in [6, 6.07) is 73.7. The van der Waals surface area contributed by atoms with Crippen LogP contribution in [0.4, 0.5) is 14.4 Å². The monoisotopic (exact) mass is 1800 g/mol. The molecule has 2 amide bonds. The van der Waals surface area contributed by atoms with Gasteiger partial charge in [0, 0.05) is 81.2 Å². The number of ether oxygens (including phenoxy) is 8. The van der Waals surface area contributed by atoms with E-state index in [0.29, 0.717) is 25.6 Å². The van der Waals surface area contributed by atoms with Crippen molar-refractivity contribution in [3.8, 4) is 17.2 Å². The quantitative estimate of drug-likeness (QED) is 0.0128. The summed E-state index contributed by atoms with van der Waals surface area (Å²) in [5.74, 6) is -0.0142. The van der Waals surface area contributed by atoms with E-state index < -0.39 is 53.6 Å². The number of carboxylic acids is 1. The van der Waals surface area contributed by atoms with Gasteiger partial charge in [0.05, 0.1) is 74.6 Å². The Morgan fingerprint density at radius 1 is 0.374 bits per heavy atom. The van der Waals surface area contributed by atoms with Gasteiger partial charge in [0.1, 0.15) is 68.4 Å². The number of hydrogen-bond donors (Lipinski definition) is 4. The molecule has 6 aromatic heterocycles. The van der Waals surface area contributed by atoms with Gasteiger partial charge < -0.3 is 64.8 Å². The van der Waals surface area contributed by atoms with Crippen LogP contribution < -0.4 is 60.1 Å². The van der Waals surface area contributed by atoms with Crippen LogP contribution in [0.5, 0.6) is 17.2 Å². The normalized spacial score (nSPS) is 12.9. The number of carbonyl (C=O) groups is 6. The van der Waals surface area contributed by atoms with E-state index in [1.165, 1.54) is 72.3 Å². The average molecular weight is 1800 g/mol. The molecule has 3 aliphatic carbocycles. The van der Waals surface area contributed by atoms with Crippen molar-refractivity contribution in [1.82, 2.24) is 54.9 Å². The SMILES string of the molecule is NC(Cn1ncc2cc(OCCc3ccc4c(n3)CCCC4)ccc21)C(=O)OCc1ccccc1.O=C(Cl)OCc1ccccc1.O=C(NC(Cn1ncc2cc(OCCc3ccc4c(n3)CCCC4)ccc21)C(=O)O)OCc1ccccc1.O=C(NC(Cn1ncc2cc(OCCc3ccc4c(n3)CCCC4)ccc21)C(=O)OCc1ccccc1)OCc1ccccc1.[Na+].[OH-]. The molecule has 30 heteroatoms. The molecular formula is C101H104ClN12NaO16. The third kappa shape index (κ3) is 29.6. The molecule has 0 saturated carbocycles. The molecule has 3 atom stereocenters. The molecule has 131 heavy (non-hydrogen) atoms. The third-order valence-electron chi connectivity index (χ3n) is 22.0. The van der Waals surface area contributed by atoms with Gasteiger partial charge in [-0.15, -0.1) is 0 Å². The van der Waals surface area contributed by atoms with E-state index >= 15 is 0 Å². The molecule has 0 saturated heterocycles. The first-order chi connectivity index (χ1) is 63.1. The second-order valence-electron chi connectivity index (χ2n) is 31.4.